The topological polar surface area (TPSA) is 34.1 Å². The molecule has 0 unspecified atom stereocenters. The number of halogens is 1. The predicted molar refractivity (Wildman–Crippen MR) is 60.1 cm³/mol. The quantitative estimate of drug-likeness (QED) is 0.490. The summed E-state index contributed by atoms with van der Waals surface area (Å²) in [5, 5.41) is 0. The zero-order chi connectivity index (χ0) is 11.3. The van der Waals surface area contributed by atoms with Crippen molar-refractivity contribution in [3.05, 3.63) is 29.8 Å². The molecule has 0 amide bonds. The minimum absolute atomic E-state index is 0.182. The molecule has 0 aliphatic rings. The van der Waals surface area contributed by atoms with Gasteiger partial charge in [0.05, 0.1) is 0 Å². The van der Waals surface area contributed by atoms with Crippen molar-refractivity contribution in [1.82, 2.24) is 0 Å². The standard InChI is InChI=1S/C10H9FO2S2/c11-15(12,13)10-7-2-1-5-9(10)6-3-4-8-14/h1-2,5,7,14H,4,8H2. The van der Waals surface area contributed by atoms with Gasteiger partial charge < -0.3 is 0 Å². The lowest BCUT2D eigenvalue weighted by Crippen LogP contribution is -1.95. The molecular weight excluding hydrogens is 235 g/mol. The first-order valence-corrected chi connectivity index (χ1v) is 6.20. The maximum Gasteiger partial charge on any atom is 0.333 e. The first-order chi connectivity index (χ1) is 7.05. The largest absolute Gasteiger partial charge is 0.333 e. The van der Waals surface area contributed by atoms with Crippen molar-refractivity contribution >= 4 is 22.9 Å². The monoisotopic (exact) mass is 244 g/mol. The molecule has 0 heterocycles. The fourth-order valence-corrected chi connectivity index (χ4v) is 1.73. The highest BCUT2D eigenvalue weighted by Gasteiger charge is 2.14. The number of thiol groups is 1. The van der Waals surface area contributed by atoms with Gasteiger partial charge in [0.25, 0.3) is 0 Å². The van der Waals surface area contributed by atoms with Gasteiger partial charge in [-0.15, -0.1) is 3.89 Å². The molecular formula is C10H9FO2S2. The first kappa shape index (κ1) is 12.1. The van der Waals surface area contributed by atoms with E-state index in [2.05, 4.69) is 24.5 Å². The number of hydrogen-bond donors (Lipinski definition) is 1. The summed E-state index contributed by atoms with van der Waals surface area (Å²) in [4.78, 5) is -0.378. The van der Waals surface area contributed by atoms with Gasteiger partial charge in [-0.2, -0.15) is 21.0 Å². The van der Waals surface area contributed by atoms with Crippen molar-refractivity contribution in [3.63, 3.8) is 0 Å². The molecule has 15 heavy (non-hydrogen) atoms. The van der Waals surface area contributed by atoms with Gasteiger partial charge in [-0.05, 0) is 12.1 Å². The van der Waals surface area contributed by atoms with E-state index in [1.165, 1.54) is 18.2 Å². The lowest BCUT2D eigenvalue weighted by atomic mass is 10.2. The SMILES string of the molecule is O=S(=O)(F)c1ccccc1C#CCCS. The normalized spacial score (nSPS) is 10.5. The molecule has 0 radical (unpaired) electrons. The second-order valence-corrected chi connectivity index (χ2v) is 4.47. The van der Waals surface area contributed by atoms with Crippen LogP contribution >= 0.6 is 12.6 Å². The van der Waals surface area contributed by atoms with Crippen LogP contribution in [0.4, 0.5) is 3.89 Å². The number of hydrogen-bond acceptors (Lipinski definition) is 3. The van der Waals surface area contributed by atoms with Crippen molar-refractivity contribution in [2.45, 2.75) is 11.3 Å². The van der Waals surface area contributed by atoms with Gasteiger partial charge in [0.2, 0.25) is 0 Å². The second kappa shape index (κ2) is 5.19. The summed E-state index contributed by atoms with van der Waals surface area (Å²) in [5.74, 6) is 5.89. The van der Waals surface area contributed by atoms with Crippen molar-refractivity contribution in [2.75, 3.05) is 5.75 Å². The Morgan fingerprint density at radius 2 is 2.00 bits per heavy atom. The van der Waals surface area contributed by atoms with Crippen molar-refractivity contribution < 1.29 is 12.3 Å². The molecule has 0 atom stereocenters. The molecule has 0 aliphatic carbocycles. The summed E-state index contributed by atoms with van der Waals surface area (Å²) in [6.45, 7) is 0. The van der Waals surface area contributed by atoms with E-state index in [1.54, 1.807) is 6.07 Å². The summed E-state index contributed by atoms with van der Waals surface area (Å²) in [6.07, 6.45) is 0.532. The van der Waals surface area contributed by atoms with Crippen LogP contribution in [0.15, 0.2) is 29.2 Å². The van der Waals surface area contributed by atoms with E-state index in [1.807, 2.05) is 0 Å². The maximum atomic E-state index is 12.8. The predicted octanol–water partition coefficient (Wildman–Crippen LogP) is 2.02. The highest BCUT2D eigenvalue weighted by Crippen LogP contribution is 2.16. The molecule has 5 heteroatoms. The average Bonchev–Trinajstić information content (AvgIpc) is 2.17. The Morgan fingerprint density at radius 1 is 1.33 bits per heavy atom. The van der Waals surface area contributed by atoms with Crippen LogP contribution in [0, 0.1) is 11.8 Å². The highest BCUT2D eigenvalue weighted by molar-refractivity contribution is 7.86. The van der Waals surface area contributed by atoms with Gasteiger partial charge in [-0.25, -0.2) is 0 Å². The third-order valence-corrected chi connectivity index (χ3v) is 2.71. The maximum absolute atomic E-state index is 12.8. The van der Waals surface area contributed by atoms with Crippen LogP contribution in [-0.4, -0.2) is 14.2 Å². The third kappa shape index (κ3) is 3.57. The molecule has 0 bridgehead atoms. The van der Waals surface area contributed by atoms with E-state index in [0.717, 1.165) is 0 Å². The first-order valence-electron chi connectivity index (χ1n) is 4.19. The molecule has 1 rings (SSSR count). The Bertz CT molecular complexity index is 498. The molecule has 0 spiro atoms. The molecule has 1 aromatic rings. The van der Waals surface area contributed by atoms with E-state index < -0.39 is 10.2 Å². The molecule has 0 aromatic heterocycles. The van der Waals surface area contributed by atoms with Crippen LogP contribution in [0.25, 0.3) is 0 Å². The van der Waals surface area contributed by atoms with Crippen molar-refractivity contribution in [3.8, 4) is 11.8 Å². The minimum atomic E-state index is -4.69. The summed E-state index contributed by atoms with van der Waals surface area (Å²) in [5.41, 5.74) is 0.182. The summed E-state index contributed by atoms with van der Waals surface area (Å²) in [7, 11) is -4.69. The van der Waals surface area contributed by atoms with Gasteiger partial charge in [-0.3, -0.25) is 0 Å². The van der Waals surface area contributed by atoms with Gasteiger partial charge >= 0.3 is 10.2 Å². The van der Waals surface area contributed by atoms with E-state index in [4.69, 9.17) is 0 Å². The zero-order valence-corrected chi connectivity index (χ0v) is 9.48. The average molecular weight is 244 g/mol. The summed E-state index contributed by atoms with van der Waals surface area (Å²) < 4.78 is 34.3. The molecule has 0 saturated carbocycles. The fourth-order valence-electron chi connectivity index (χ4n) is 0.996. The Kier molecular flexibility index (Phi) is 4.18. The molecule has 0 N–H and O–H groups in total. The van der Waals surface area contributed by atoms with E-state index >= 15 is 0 Å². The van der Waals surface area contributed by atoms with Gasteiger partial charge in [0.15, 0.2) is 0 Å². The lowest BCUT2D eigenvalue weighted by molar-refractivity contribution is 0.552. The van der Waals surface area contributed by atoms with Gasteiger partial charge in [0.1, 0.15) is 4.90 Å². The van der Waals surface area contributed by atoms with Crippen LogP contribution in [0.2, 0.25) is 0 Å². The van der Waals surface area contributed by atoms with Crippen LogP contribution in [0.5, 0.6) is 0 Å². The molecule has 80 valence electrons. The molecule has 0 fully saturated rings. The third-order valence-electron chi connectivity index (χ3n) is 1.61. The Labute approximate surface area is 94.1 Å². The minimum Gasteiger partial charge on any atom is -0.189 e. The van der Waals surface area contributed by atoms with Crippen LogP contribution in [-0.2, 0) is 10.2 Å². The van der Waals surface area contributed by atoms with Gasteiger partial charge in [0, 0.05) is 17.7 Å². The number of rotatable bonds is 2. The van der Waals surface area contributed by atoms with E-state index in [9.17, 15) is 12.3 Å². The van der Waals surface area contributed by atoms with Crippen LogP contribution in [0.1, 0.15) is 12.0 Å². The summed E-state index contributed by atoms with van der Waals surface area (Å²) >= 11 is 3.96. The Balaban J connectivity index is 3.15. The zero-order valence-electron chi connectivity index (χ0n) is 7.77. The lowest BCUT2D eigenvalue weighted by Gasteiger charge is -1.97. The number of benzene rings is 1. The van der Waals surface area contributed by atoms with Crippen LogP contribution < -0.4 is 0 Å². The van der Waals surface area contributed by atoms with E-state index in [0.29, 0.717) is 12.2 Å². The fraction of sp³-hybridized carbons (Fsp3) is 0.200. The molecule has 0 saturated heterocycles. The van der Waals surface area contributed by atoms with Crippen molar-refractivity contribution in [2.24, 2.45) is 0 Å². The Hall–Kier alpha value is -0.990. The molecule has 1 aromatic carbocycles. The van der Waals surface area contributed by atoms with E-state index in [-0.39, 0.29) is 10.5 Å². The summed E-state index contributed by atoms with van der Waals surface area (Å²) in [6, 6.07) is 5.73. The molecule has 2 nitrogen and oxygen atoms in total. The van der Waals surface area contributed by atoms with Gasteiger partial charge in [-0.1, -0.05) is 24.0 Å². The highest BCUT2D eigenvalue weighted by atomic mass is 32.3. The molecule has 0 aliphatic heterocycles. The van der Waals surface area contributed by atoms with Crippen LogP contribution in [0.3, 0.4) is 0 Å². The van der Waals surface area contributed by atoms with Crippen molar-refractivity contribution in [1.29, 1.82) is 0 Å². The Morgan fingerprint density at radius 3 is 2.60 bits per heavy atom. The second-order valence-electron chi connectivity index (χ2n) is 2.71. The smallest absolute Gasteiger partial charge is 0.189 e.